The van der Waals surface area contributed by atoms with E-state index in [4.69, 9.17) is 21.1 Å². The molecule has 0 bridgehead atoms. The van der Waals surface area contributed by atoms with E-state index in [1.807, 2.05) is 49.3 Å². The Balaban J connectivity index is 1.61. The Hall–Kier alpha value is -4.61. The monoisotopic (exact) mass is 594 g/mol. The first-order valence-electron chi connectivity index (χ1n) is 13.1. The van der Waals surface area contributed by atoms with Crippen molar-refractivity contribution in [3.8, 4) is 11.5 Å². The second-order valence-corrected chi connectivity index (χ2v) is 10.1. The molecule has 0 fully saturated rings. The lowest BCUT2D eigenvalue weighted by Gasteiger charge is -2.18. The fourth-order valence-corrected chi connectivity index (χ4v) is 4.38. The van der Waals surface area contributed by atoms with E-state index < -0.39 is 29.7 Å². The first-order chi connectivity index (χ1) is 20.1. The standard InChI is InChI=1S/C30H31ClN4O7/c1-35(2)20-11-19(31)12-21(13-20)42-26-14-22-24(34-30(39)23(33-29(22)38)9-10-28(37)40-3)15-25(26)32-27(36)17-41-16-18-7-5-4-6-8-18/h4-8,11-15,23H,9-10,16-17H2,1-3H3,(H,32,36)(H,33,38)(H,34,39)/t23-/m1/s1. The molecule has 0 saturated heterocycles. The number of amides is 3. The minimum atomic E-state index is -0.978. The summed E-state index contributed by atoms with van der Waals surface area (Å²) in [5.41, 5.74) is 2.13. The van der Waals surface area contributed by atoms with Crippen LogP contribution in [0.3, 0.4) is 0 Å². The quantitative estimate of drug-likeness (QED) is 0.279. The van der Waals surface area contributed by atoms with Gasteiger partial charge in [-0.1, -0.05) is 41.9 Å². The molecule has 0 saturated carbocycles. The van der Waals surface area contributed by atoms with E-state index in [0.29, 0.717) is 10.8 Å². The van der Waals surface area contributed by atoms with Gasteiger partial charge in [-0.2, -0.15) is 0 Å². The molecule has 4 rings (SSSR count). The molecule has 3 aromatic carbocycles. The molecule has 0 spiro atoms. The highest BCUT2D eigenvalue weighted by Crippen LogP contribution is 2.38. The Bertz CT molecular complexity index is 1480. The van der Waals surface area contributed by atoms with Gasteiger partial charge in [0, 0.05) is 37.3 Å². The van der Waals surface area contributed by atoms with Gasteiger partial charge in [0.1, 0.15) is 18.4 Å². The molecule has 220 valence electrons. The highest BCUT2D eigenvalue weighted by Gasteiger charge is 2.30. The molecular formula is C30H31ClN4O7. The van der Waals surface area contributed by atoms with Gasteiger partial charge >= 0.3 is 5.97 Å². The van der Waals surface area contributed by atoms with Crippen LogP contribution in [-0.4, -0.2) is 57.5 Å². The number of ether oxygens (including phenoxy) is 3. The van der Waals surface area contributed by atoms with Crippen LogP contribution in [0.15, 0.2) is 60.7 Å². The Morgan fingerprint density at radius 3 is 2.52 bits per heavy atom. The third-order valence-electron chi connectivity index (χ3n) is 6.33. The van der Waals surface area contributed by atoms with E-state index in [0.717, 1.165) is 11.3 Å². The molecule has 42 heavy (non-hydrogen) atoms. The molecule has 3 amide bonds. The third-order valence-corrected chi connectivity index (χ3v) is 6.55. The van der Waals surface area contributed by atoms with E-state index >= 15 is 0 Å². The number of nitrogens with one attached hydrogen (secondary N) is 3. The number of hydrogen-bond donors (Lipinski definition) is 3. The van der Waals surface area contributed by atoms with E-state index in [1.165, 1.54) is 19.2 Å². The van der Waals surface area contributed by atoms with Crippen molar-refractivity contribution >= 4 is 52.4 Å². The summed E-state index contributed by atoms with van der Waals surface area (Å²) in [6.07, 6.45) is -0.0212. The van der Waals surface area contributed by atoms with Crippen molar-refractivity contribution in [2.24, 2.45) is 0 Å². The number of rotatable bonds is 11. The molecule has 12 heteroatoms. The number of methoxy groups -OCH3 is 1. The van der Waals surface area contributed by atoms with Crippen LogP contribution < -0.4 is 25.6 Å². The normalized spacial score (nSPS) is 14.1. The predicted molar refractivity (Wildman–Crippen MR) is 158 cm³/mol. The summed E-state index contributed by atoms with van der Waals surface area (Å²) in [5.74, 6) is -1.57. The van der Waals surface area contributed by atoms with Gasteiger partial charge in [-0.15, -0.1) is 0 Å². The van der Waals surface area contributed by atoms with Gasteiger partial charge in [-0.3, -0.25) is 19.2 Å². The third kappa shape index (κ3) is 7.99. The predicted octanol–water partition coefficient (Wildman–Crippen LogP) is 4.36. The van der Waals surface area contributed by atoms with Crippen LogP contribution in [-0.2, 0) is 30.5 Å². The second-order valence-electron chi connectivity index (χ2n) is 9.69. The van der Waals surface area contributed by atoms with Crippen LogP contribution in [0.4, 0.5) is 17.1 Å². The maximum atomic E-state index is 13.2. The fourth-order valence-electron chi connectivity index (χ4n) is 4.16. The Kier molecular flexibility index (Phi) is 10.00. The van der Waals surface area contributed by atoms with E-state index in [-0.39, 0.29) is 48.7 Å². The van der Waals surface area contributed by atoms with Gasteiger partial charge in [0.2, 0.25) is 11.8 Å². The van der Waals surface area contributed by atoms with Crippen molar-refractivity contribution in [1.29, 1.82) is 0 Å². The average molecular weight is 595 g/mol. The molecule has 3 N–H and O–H groups in total. The van der Waals surface area contributed by atoms with Crippen LogP contribution in [0.1, 0.15) is 28.8 Å². The number of esters is 1. The van der Waals surface area contributed by atoms with Crippen molar-refractivity contribution in [1.82, 2.24) is 5.32 Å². The smallest absolute Gasteiger partial charge is 0.305 e. The van der Waals surface area contributed by atoms with E-state index in [1.54, 1.807) is 18.2 Å². The van der Waals surface area contributed by atoms with E-state index in [2.05, 4.69) is 20.7 Å². The van der Waals surface area contributed by atoms with Crippen molar-refractivity contribution in [2.75, 3.05) is 43.3 Å². The zero-order valence-electron chi connectivity index (χ0n) is 23.4. The van der Waals surface area contributed by atoms with Crippen molar-refractivity contribution in [2.45, 2.75) is 25.5 Å². The molecule has 1 aliphatic rings. The van der Waals surface area contributed by atoms with Gasteiger partial charge in [0.15, 0.2) is 5.75 Å². The molecule has 1 heterocycles. The maximum absolute atomic E-state index is 13.2. The Morgan fingerprint density at radius 2 is 1.81 bits per heavy atom. The van der Waals surface area contributed by atoms with Gasteiger partial charge in [0.05, 0.1) is 30.7 Å². The summed E-state index contributed by atoms with van der Waals surface area (Å²) in [7, 11) is 4.94. The zero-order chi connectivity index (χ0) is 30.2. The second kappa shape index (κ2) is 13.8. The summed E-state index contributed by atoms with van der Waals surface area (Å²) >= 11 is 6.31. The average Bonchev–Trinajstić information content (AvgIpc) is 3.07. The van der Waals surface area contributed by atoms with E-state index in [9.17, 15) is 19.2 Å². The maximum Gasteiger partial charge on any atom is 0.305 e. The minimum absolute atomic E-state index is 0.0414. The SMILES string of the molecule is COC(=O)CC[C@H]1NC(=O)c2cc(Oc3cc(Cl)cc(N(C)C)c3)c(NC(=O)COCc3ccccc3)cc2NC1=O. The molecule has 0 radical (unpaired) electrons. The van der Waals surface area contributed by atoms with Gasteiger partial charge in [0.25, 0.3) is 5.91 Å². The van der Waals surface area contributed by atoms with Gasteiger partial charge < -0.3 is 35.1 Å². The fraction of sp³-hybridized carbons (Fsp3) is 0.267. The lowest BCUT2D eigenvalue weighted by Crippen LogP contribution is -2.41. The van der Waals surface area contributed by atoms with Crippen molar-refractivity contribution in [3.63, 3.8) is 0 Å². The number of carbonyl (C=O) groups is 4. The zero-order valence-corrected chi connectivity index (χ0v) is 24.1. The van der Waals surface area contributed by atoms with Crippen LogP contribution in [0, 0.1) is 0 Å². The number of benzene rings is 3. The first kappa shape index (κ1) is 30.4. The van der Waals surface area contributed by atoms with Crippen molar-refractivity contribution in [3.05, 3.63) is 76.8 Å². The molecule has 0 unspecified atom stereocenters. The number of carbonyl (C=O) groups excluding carboxylic acids is 4. The largest absolute Gasteiger partial charge is 0.469 e. The lowest BCUT2D eigenvalue weighted by atomic mass is 10.1. The van der Waals surface area contributed by atoms with Crippen LogP contribution >= 0.6 is 11.6 Å². The van der Waals surface area contributed by atoms with Crippen LogP contribution in [0.5, 0.6) is 11.5 Å². The summed E-state index contributed by atoms with van der Waals surface area (Å²) in [6, 6.07) is 16.4. The molecular weight excluding hydrogens is 564 g/mol. The first-order valence-corrected chi connectivity index (χ1v) is 13.4. The molecule has 1 aliphatic heterocycles. The molecule has 0 aromatic heterocycles. The summed E-state index contributed by atoms with van der Waals surface area (Å²) in [4.78, 5) is 52.4. The minimum Gasteiger partial charge on any atom is -0.469 e. The molecule has 3 aromatic rings. The Morgan fingerprint density at radius 1 is 1.05 bits per heavy atom. The van der Waals surface area contributed by atoms with Gasteiger partial charge in [-0.05, 0) is 36.2 Å². The highest BCUT2D eigenvalue weighted by atomic mass is 35.5. The number of fused-ring (bicyclic) bond motifs is 1. The topological polar surface area (TPSA) is 135 Å². The number of nitrogens with zero attached hydrogens (tertiary/aromatic N) is 1. The highest BCUT2D eigenvalue weighted by molar-refractivity contribution is 6.31. The number of hydrogen-bond acceptors (Lipinski definition) is 8. The lowest BCUT2D eigenvalue weighted by molar-refractivity contribution is -0.140. The van der Waals surface area contributed by atoms with Crippen LogP contribution in [0.2, 0.25) is 5.02 Å². The molecule has 1 atom stereocenters. The summed E-state index contributed by atoms with van der Waals surface area (Å²) in [6.45, 7) is -0.0172. The summed E-state index contributed by atoms with van der Waals surface area (Å²) < 4.78 is 16.3. The molecule has 0 aliphatic carbocycles. The molecule has 11 nitrogen and oxygen atoms in total. The number of anilines is 3. The Labute approximate surface area is 248 Å². The van der Waals surface area contributed by atoms with Crippen LogP contribution in [0.25, 0.3) is 0 Å². The van der Waals surface area contributed by atoms with Crippen molar-refractivity contribution < 1.29 is 33.4 Å². The summed E-state index contributed by atoms with van der Waals surface area (Å²) in [5, 5.41) is 8.52. The number of halogens is 1. The van der Waals surface area contributed by atoms with Gasteiger partial charge in [-0.25, -0.2) is 0 Å².